The molecule has 116 valence electrons. The second-order valence-electron chi connectivity index (χ2n) is 6.00. The summed E-state index contributed by atoms with van der Waals surface area (Å²) in [4.78, 5) is 12.6. The summed E-state index contributed by atoms with van der Waals surface area (Å²) in [6.07, 6.45) is 3.72. The number of carbonyl (C=O) groups is 1. The number of nitrogens with one attached hydrogen (secondary N) is 1. The zero-order valence-electron chi connectivity index (χ0n) is 12.9. The van der Waals surface area contributed by atoms with Crippen LogP contribution in [0.15, 0.2) is 24.3 Å². The number of hydrogen-bond donors (Lipinski definition) is 2. The minimum Gasteiger partial charge on any atom is -0.493 e. The Morgan fingerprint density at radius 3 is 2.67 bits per heavy atom. The standard InChI is InChI=1S/C17H25NO3/c1-3-21-15-7-5-4-6-14(15)16(20)18-17(12-19)10-8-13(2)9-11-17/h4-7,13,19H,3,8-12H2,1-2H3,(H,18,20). The lowest BCUT2D eigenvalue weighted by atomic mass is 9.77. The van der Waals surface area contributed by atoms with E-state index in [4.69, 9.17) is 4.74 Å². The molecule has 1 amide bonds. The molecule has 1 fully saturated rings. The van der Waals surface area contributed by atoms with Crippen molar-refractivity contribution in [1.29, 1.82) is 0 Å². The lowest BCUT2D eigenvalue weighted by Crippen LogP contribution is -2.53. The van der Waals surface area contributed by atoms with Crippen molar-refractivity contribution in [2.75, 3.05) is 13.2 Å². The van der Waals surface area contributed by atoms with Crippen LogP contribution >= 0.6 is 0 Å². The van der Waals surface area contributed by atoms with Crippen LogP contribution in [0.5, 0.6) is 5.75 Å². The van der Waals surface area contributed by atoms with E-state index in [0.29, 0.717) is 23.8 Å². The van der Waals surface area contributed by atoms with Crippen LogP contribution in [0, 0.1) is 5.92 Å². The van der Waals surface area contributed by atoms with Crippen molar-refractivity contribution in [3.05, 3.63) is 29.8 Å². The third-order valence-corrected chi connectivity index (χ3v) is 4.34. The molecule has 0 radical (unpaired) electrons. The lowest BCUT2D eigenvalue weighted by molar-refractivity contribution is 0.0714. The molecule has 2 rings (SSSR count). The molecule has 1 saturated carbocycles. The molecule has 0 aromatic heterocycles. The smallest absolute Gasteiger partial charge is 0.255 e. The van der Waals surface area contributed by atoms with Gasteiger partial charge in [0.25, 0.3) is 5.91 Å². The van der Waals surface area contributed by atoms with E-state index in [1.807, 2.05) is 19.1 Å². The first-order valence-electron chi connectivity index (χ1n) is 7.75. The van der Waals surface area contributed by atoms with Crippen molar-refractivity contribution < 1.29 is 14.6 Å². The summed E-state index contributed by atoms with van der Waals surface area (Å²) < 4.78 is 5.51. The number of benzene rings is 1. The van der Waals surface area contributed by atoms with Crippen LogP contribution < -0.4 is 10.1 Å². The second-order valence-corrected chi connectivity index (χ2v) is 6.00. The number of para-hydroxylation sites is 1. The summed E-state index contributed by atoms with van der Waals surface area (Å²) in [6, 6.07) is 7.24. The summed E-state index contributed by atoms with van der Waals surface area (Å²) in [5.41, 5.74) is 0.0499. The van der Waals surface area contributed by atoms with E-state index >= 15 is 0 Å². The summed E-state index contributed by atoms with van der Waals surface area (Å²) in [5, 5.41) is 12.8. The molecule has 1 aromatic rings. The number of rotatable bonds is 5. The highest BCUT2D eigenvalue weighted by Gasteiger charge is 2.35. The Hall–Kier alpha value is -1.55. The Kier molecular flexibility index (Phi) is 5.23. The van der Waals surface area contributed by atoms with Gasteiger partial charge in [-0.15, -0.1) is 0 Å². The first-order valence-corrected chi connectivity index (χ1v) is 7.75. The predicted octanol–water partition coefficient (Wildman–Crippen LogP) is 2.76. The normalized spacial score (nSPS) is 25.4. The van der Waals surface area contributed by atoms with Gasteiger partial charge in [-0.3, -0.25) is 4.79 Å². The highest BCUT2D eigenvalue weighted by atomic mass is 16.5. The van der Waals surface area contributed by atoms with Crippen molar-refractivity contribution in [3.63, 3.8) is 0 Å². The number of amides is 1. The maximum absolute atomic E-state index is 12.6. The van der Waals surface area contributed by atoms with Gasteiger partial charge in [0.15, 0.2) is 0 Å². The Balaban J connectivity index is 2.13. The van der Waals surface area contributed by atoms with E-state index in [-0.39, 0.29) is 12.5 Å². The minimum absolute atomic E-state index is 0.0116. The zero-order valence-corrected chi connectivity index (χ0v) is 12.9. The first kappa shape index (κ1) is 15.8. The molecule has 0 atom stereocenters. The molecule has 1 aliphatic rings. The largest absolute Gasteiger partial charge is 0.493 e. The molecule has 4 nitrogen and oxygen atoms in total. The van der Waals surface area contributed by atoms with Crippen LogP contribution in [0.1, 0.15) is 49.9 Å². The highest BCUT2D eigenvalue weighted by molar-refractivity contribution is 5.97. The van der Waals surface area contributed by atoms with Crippen molar-refractivity contribution in [3.8, 4) is 5.75 Å². The average Bonchev–Trinajstić information content (AvgIpc) is 2.51. The average molecular weight is 291 g/mol. The van der Waals surface area contributed by atoms with Gasteiger partial charge in [-0.25, -0.2) is 0 Å². The van der Waals surface area contributed by atoms with Crippen molar-refractivity contribution >= 4 is 5.91 Å². The van der Waals surface area contributed by atoms with Gasteiger partial charge < -0.3 is 15.2 Å². The van der Waals surface area contributed by atoms with Gasteiger partial charge >= 0.3 is 0 Å². The lowest BCUT2D eigenvalue weighted by Gasteiger charge is -2.38. The SMILES string of the molecule is CCOc1ccccc1C(=O)NC1(CO)CCC(C)CC1. The molecule has 2 N–H and O–H groups in total. The number of aliphatic hydroxyl groups is 1. The van der Waals surface area contributed by atoms with Crippen LogP contribution in [0.25, 0.3) is 0 Å². The topological polar surface area (TPSA) is 58.6 Å². The molecule has 0 spiro atoms. The van der Waals surface area contributed by atoms with Crippen LogP contribution in [-0.2, 0) is 0 Å². The predicted molar refractivity (Wildman–Crippen MR) is 82.5 cm³/mol. The van der Waals surface area contributed by atoms with Crippen LogP contribution in [0.3, 0.4) is 0 Å². The molecule has 21 heavy (non-hydrogen) atoms. The van der Waals surface area contributed by atoms with Gasteiger partial charge in [0, 0.05) is 0 Å². The number of ether oxygens (including phenoxy) is 1. The van der Waals surface area contributed by atoms with E-state index in [1.54, 1.807) is 12.1 Å². The van der Waals surface area contributed by atoms with Crippen LogP contribution in [0.4, 0.5) is 0 Å². The summed E-state index contributed by atoms with van der Waals surface area (Å²) in [7, 11) is 0. The minimum atomic E-state index is -0.483. The fourth-order valence-corrected chi connectivity index (χ4v) is 2.88. The van der Waals surface area contributed by atoms with Crippen LogP contribution in [-0.4, -0.2) is 29.8 Å². The summed E-state index contributed by atoms with van der Waals surface area (Å²) in [6.45, 7) is 4.62. The van der Waals surface area contributed by atoms with E-state index < -0.39 is 5.54 Å². The third-order valence-electron chi connectivity index (χ3n) is 4.34. The third kappa shape index (κ3) is 3.76. The first-order chi connectivity index (χ1) is 10.1. The molecule has 0 aliphatic heterocycles. The van der Waals surface area contributed by atoms with Gasteiger partial charge in [-0.2, -0.15) is 0 Å². The Bertz CT molecular complexity index is 479. The summed E-state index contributed by atoms with van der Waals surface area (Å²) >= 11 is 0. The van der Waals surface area contributed by atoms with Crippen LogP contribution in [0.2, 0.25) is 0 Å². The number of hydrogen-bond acceptors (Lipinski definition) is 3. The second kappa shape index (κ2) is 6.94. The summed E-state index contributed by atoms with van der Waals surface area (Å²) in [5.74, 6) is 1.09. The van der Waals surface area contributed by atoms with Crippen molar-refractivity contribution in [2.24, 2.45) is 5.92 Å². The molecule has 0 heterocycles. The van der Waals surface area contributed by atoms with Gasteiger partial charge in [0.05, 0.1) is 24.3 Å². The van der Waals surface area contributed by atoms with Crippen molar-refractivity contribution in [1.82, 2.24) is 5.32 Å². The Morgan fingerprint density at radius 1 is 1.38 bits per heavy atom. The van der Waals surface area contributed by atoms with E-state index in [2.05, 4.69) is 12.2 Å². The maximum atomic E-state index is 12.6. The van der Waals surface area contributed by atoms with Gasteiger partial charge in [-0.05, 0) is 50.7 Å². The van der Waals surface area contributed by atoms with E-state index in [1.165, 1.54) is 0 Å². The van der Waals surface area contributed by atoms with E-state index in [9.17, 15) is 9.90 Å². The van der Waals surface area contributed by atoms with Gasteiger partial charge in [0.1, 0.15) is 5.75 Å². The Labute approximate surface area is 126 Å². The van der Waals surface area contributed by atoms with E-state index in [0.717, 1.165) is 25.7 Å². The fourth-order valence-electron chi connectivity index (χ4n) is 2.88. The molecule has 1 aliphatic carbocycles. The number of carbonyl (C=O) groups excluding carboxylic acids is 1. The fraction of sp³-hybridized carbons (Fsp3) is 0.588. The molecular weight excluding hydrogens is 266 g/mol. The molecule has 4 heteroatoms. The molecule has 0 unspecified atom stereocenters. The maximum Gasteiger partial charge on any atom is 0.255 e. The molecular formula is C17H25NO3. The molecule has 0 bridgehead atoms. The molecule has 0 saturated heterocycles. The monoisotopic (exact) mass is 291 g/mol. The van der Waals surface area contributed by atoms with Crippen molar-refractivity contribution in [2.45, 2.75) is 45.1 Å². The quantitative estimate of drug-likeness (QED) is 0.877. The van der Waals surface area contributed by atoms with Gasteiger partial charge in [-0.1, -0.05) is 19.1 Å². The van der Waals surface area contributed by atoms with Gasteiger partial charge in [0.2, 0.25) is 0 Å². The Morgan fingerprint density at radius 2 is 2.05 bits per heavy atom. The molecule has 1 aromatic carbocycles. The highest BCUT2D eigenvalue weighted by Crippen LogP contribution is 2.32. The zero-order chi connectivity index (χ0) is 15.3. The number of aliphatic hydroxyl groups excluding tert-OH is 1.